The summed E-state index contributed by atoms with van der Waals surface area (Å²) in [5.74, 6) is 1.91. The van der Waals surface area contributed by atoms with Crippen molar-refractivity contribution in [2.24, 2.45) is 0 Å². The maximum atomic E-state index is 13.2. The predicted octanol–water partition coefficient (Wildman–Crippen LogP) is 4.69. The summed E-state index contributed by atoms with van der Waals surface area (Å²) in [4.78, 5) is 27.7. The van der Waals surface area contributed by atoms with E-state index >= 15 is 0 Å². The molecule has 1 aliphatic rings. The monoisotopic (exact) mass is 325 g/mol. The second-order valence-electron chi connectivity index (χ2n) is 5.52. The Labute approximate surface area is 126 Å². The Morgan fingerprint density at radius 3 is 2.52 bits per heavy atom. The van der Waals surface area contributed by atoms with Gasteiger partial charge in [-0.2, -0.15) is 0 Å². The molecule has 2 nitrogen and oxygen atoms in total. The summed E-state index contributed by atoms with van der Waals surface area (Å²) in [6.45, 7) is 2.09. The van der Waals surface area contributed by atoms with Crippen LogP contribution < -0.4 is 0 Å². The number of benzene rings is 1. The number of hydrogen-bond acceptors (Lipinski definition) is 2. The van der Waals surface area contributed by atoms with Crippen LogP contribution >= 0.6 is 0 Å². The molecule has 3 heteroatoms. The maximum absolute atomic E-state index is 13.2. The van der Waals surface area contributed by atoms with E-state index in [1.54, 1.807) is 0 Å². The van der Waals surface area contributed by atoms with Crippen molar-refractivity contribution in [1.82, 2.24) is 0 Å². The van der Waals surface area contributed by atoms with Gasteiger partial charge in [-0.05, 0) is 0 Å². The number of carbonyl (C=O) groups excluding carboxylic acids is 2. The van der Waals surface area contributed by atoms with Gasteiger partial charge >= 0.3 is 126 Å². The van der Waals surface area contributed by atoms with Crippen LogP contribution in [0, 0.1) is 0 Å². The molecule has 1 aromatic rings. The number of rotatable bonds is 6. The fraction of sp³-hybridized carbons (Fsp3) is 0.333. The Morgan fingerprint density at radius 2 is 2.00 bits per heavy atom. The van der Waals surface area contributed by atoms with E-state index in [1.165, 1.54) is 0 Å². The first-order chi connectivity index (χ1) is 10.1. The van der Waals surface area contributed by atoms with E-state index in [0.717, 1.165) is 17.3 Å². The third kappa shape index (κ3) is 2.65. The van der Waals surface area contributed by atoms with Gasteiger partial charge in [-0.3, -0.25) is 0 Å². The van der Waals surface area contributed by atoms with E-state index < -0.39 is 11.4 Å². The van der Waals surface area contributed by atoms with Gasteiger partial charge in [0, 0.05) is 0 Å². The molecule has 0 bridgehead atoms. The van der Waals surface area contributed by atoms with E-state index in [9.17, 15) is 9.59 Å². The fourth-order valence-corrected chi connectivity index (χ4v) is 7.97. The normalized spacial score (nSPS) is 15.9. The molecule has 1 aliphatic carbocycles. The first-order valence-electron chi connectivity index (χ1n) is 7.21. The van der Waals surface area contributed by atoms with E-state index in [1.807, 2.05) is 54.4 Å². The van der Waals surface area contributed by atoms with Gasteiger partial charge in [-0.1, -0.05) is 0 Å². The summed E-state index contributed by atoms with van der Waals surface area (Å²) in [7, 11) is 0. The van der Waals surface area contributed by atoms with Gasteiger partial charge in [0.05, 0.1) is 0 Å². The SMILES string of the molecule is CCC[CH2][Mn]([CH3])(=[C]=O)([C](=O)c1ccccc1)[C]1=CC=CC1. The zero-order chi connectivity index (χ0) is 15.4. The van der Waals surface area contributed by atoms with Crippen LogP contribution in [0.25, 0.3) is 0 Å². The molecule has 0 amide bonds. The molecule has 0 unspecified atom stereocenters. The molecule has 0 spiro atoms. The molecule has 0 atom stereocenters. The third-order valence-corrected chi connectivity index (χ3v) is 10.8. The van der Waals surface area contributed by atoms with Crippen LogP contribution in [-0.4, -0.2) is 9.47 Å². The zero-order valence-corrected chi connectivity index (χ0v) is 13.8. The minimum atomic E-state index is -3.66. The summed E-state index contributed by atoms with van der Waals surface area (Å²) < 4.78 is 1.02. The van der Waals surface area contributed by atoms with Gasteiger partial charge in [0.2, 0.25) is 0 Å². The standard InChI is InChI=1S/C7H5O.C5H5.C4H9.CO.CH3.Mn/c8-6-7-4-2-1-3-5-7;1-2-4-5-3-1;1-3-4-2;1-2;;/h1-5H;1-3H,4H2;1,3-4H2,2H3;;1H3;. The molecular formula is C18H22MnO2. The Hall–Kier alpha value is -1.53. The predicted molar refractivity (Wildman–Crippen MR) is 83.9 cm³/mol. The summed E-state index contributed by atoms with van der Waals surface area (Å²) in [6, 6.07) is 9.21. The van der Waals surface area contributed by atoms with Crippen molar-refractivity contribution < 1.29 is 20.9 Å². The topological polar surface area (TPSA) is 34.1 Å². The minimum absolute atomic E-state index is 0.00972. The van der Waals surface area contributed by atoms with Crippen LogP contribution in [0.2, 0.25) is 11.1 Å². The quantitative estimate of drug-likeness (QED) is 0.711. The molecule has 0 fully saturated rings. The van der Waals surface area contributed by atoms with Gasteiger partial charge < -0.3 is 0 Å². The first kappa shape index (κ1) is 15.9. The Kier molecular flexibility index (Phi) is 4.58. The number of allylic oxidation sites excluding steroid dienone is 4. The third-order valence-electron chi connectivity index (χ3n) is 4.02. The molecule has 0 saturated heterocycles. The number of unbranched alkanes of at least 4 members (excludes halogenated alkanes) is 1. The van der Waals surface area contributed by atoms with Crippen molar-refractivity contribution in [3.05, 3.63) is 58.6 Å². The van der Waals surface area contributed by atoms with Gasteiger partial charge in [-0.25, -0.2) is 0 Å². The van der Waals surface area contributed by atoms with E-state index in [0.29, 0.717) is 17.3 Å². The van der Waals surface area contributed by atoms with Crippen molar-refractivity contribution >= 4 is 9.47 Å². The van der Waals surface area contributed by atoms with Crippen LogP contribution in [-0.2, 0) is 16.1 Å². The first-order valence-corrected chi connectivity index (χ1v) is 11.0. The van der Waals surface area contributed by atoms with Crippen molar-refractivity contribution in [2.45, 2.75) is 37.3 Å². The summed E-state index contributed by atoms with van der Waals surface area (Å²) >= 11 is -3.66. The molecule has 0 radical (unpaired) electrons. The fourth-order valence-electron chi connectivity index (χ4n) is 2.57. The van der Waals surface area contributed by atoms with Crippen LogP contribution in [0.4, 0.5) is 0 Å². The van der Waals surface area contributed by atoms with Crippen LogP contribution in [0.15, 0.2) is 53.0 Å². The second-order valence-corrected chi connectivity index (χ2v) is 12.4. The van der Waals surface area contributed by atoms with Gasteiger partial charge in [-0.15, -0.1) is 0 Å². The molecule has 0 aromatic heterocycles. The number of hydrogen-bond donors (Lipinski definition) is 0. The van der Waals surface area contributed by atoms with Gasteiger partial charge in [0.25, 0.3) is 0 Å². The summed E-state index contributed by atoms with van der Waals surface area (Å²) in [6.07, 6.45) is 8.51. The van der Waals surface area contributed by atoms with E-state index in [4.69, 9.17) is 0 Å². The van der Waals surface area contributed by atoms with Crippen LogP contribution in [0.1, 0.15) is 36.5 Å². The molecular weight excluding hydrogens is 303 g/mol. The van der Waals surface area contributed by atoms with Gasteiger partial charge in [0.1, 0.15) is 0 Å². The van der Waals surface area contributed by atoms with E-state index in [-0.39, 0.29) is 4.68 Å². The van der Waals surface area contributed by atoms with Crippen molar-refractivity contribution in [2.75, 3.05) is 0 Å². The van der Waals surface area contributed by atoms with Crippen molar-refractivity contribution in [3.63, 3.8) is 0 Å². The summed E-state index contributed by atoms with van der Waals surface area (Å²) in [5, 5.41) is 0.655. The van der Waals surface area contributed by atoms with Gasteiger partial charge in [0.15, 0.2) is 0 Å². The molecule has 2 rings (SSSR count). The Morgan fingerprint density at radius 1 is 1.29 bits per heavy atom. The Bertz CT molecular complexity index is 691. The van der Waals surface area contributed by atoms with Crippen molar-refractivity contribution in [3.8, 4) is 0 Å². The van der Waals surface area contributed by atoms with E-state index in [2.05, 4.69) is 11.7 Å². The molecule has 0 aliphatic heterocycles. The second kappa shape index (κ2) is 6.07. The Balaban J connectivity index is 2.61. The average Bonchev–Trinajstić information content (AvgIpc) is 3.08. The van der Waals surface area contributed by atoms with Crippen LogP contribution in [0.3, 0.4) is 0 Å². The summed E-state index contributed by atoms with van der Waals surface area (Å²) in [5.41, 5.74) is 0.640. The average molecular weight is 325 g/mol. The molecule has 21 heavy (non-hydrogen) atoms. The molecule has 0 heterocycles. The molecule has 1 aromatic carbocycles. The van der Waals surface area contributed by atoms with Crippen molar-refractivity contribution in [1.29, 1.82) is 0 Å². The van der Waals surface area contributed by atoms with Crippen LogP contribution in [0.5, 0.6) is 0 Å². The zero-order valence-electron chi connectivity index (χ0n) is 12.6. The number of carbonyl (C=O) groups is 1. The molecule has 0 saturated carbocycles. The molecule has 113 valence electrons. The molecule has 0 N–H and O–H groups in total.